The van der Waals surface area contributed by atoms with Crippen molar-refractivity contribution in [2.45, 2.75) is 0 Å². The fraction of sp³-hybridized carbons (Fsp3) is 0. The average molecular weight is 434 g/mol. The van der Waals surface area contributed by atoms with Crippen LogP contribution in [0.5, 0.6) is 0 Å². The van der Waals surface area contributed by atoms with E-state index < -0.39 is 46.0 Å². The molecule has 0 aliphatic heterocycles. The van der Waals surface area contributed by atoms with E-state index >= 15 is 0 Å². The van der Waals surface area contributed by atoms with Gasteiger partial charge in [0, 0.05) is 22.7 Å². The van der Waals surface area contributed by atoms with Crippen molar-refractivity contribution < 1.29 is 29.4 Å². The molecule has 10 nitrogen and oxygen atoms in total. The second-order valence-corrected chi connectivity index (χ2v) is 6.71. The zero-order chi connectivity index (χ0) is 23.4. The molecule has 0 bridgehead atoms. The van der Waals surface area contributed by atoms with Gasteiger partial charge in [-0.2, -0.15) is 0 Å². The number of rotatable bonds is 6. The molecule has 0 radical (unpaired) electrons. The van der Waals surface area contributed by atoms with E-state index in [9.17, 15) is 29.4 Å². The van der Waals surface area contributed by atoms with Gasteiger partial charge in [-0.3, -0.25) is 9.59 Å². The number of hydrogen-bond acceptors (Lipinski definition) is 6. The zero-order valence-electron chi connectivity index (χ0n) is 16.5. The number of amides is 2. The molecule has 0 aromatic heterocycles. The molecule has 0 atom stereocenters. The highest BCUT2D eigenvalue weighted by Gasteiger charge is 2.26. The van der Waals surface area contributed by atoms with Gasteiger partial charge in [0.25, 0.3) is 11.8 Å². The lowest BCUT2D eigenvalue weighted by atomic mass is 9.96. The van der Waals surface area contributed by atoms with Crippen LogP contribution in [0.4, 0.5) is 22.7 Å². The average Bonchev–Trinajstić information content (AvgIpc) is 2.72. The van der Waals surface area contributed by atoms with Crippen molar-refractivity contribution in [1.29, 1.82) is 0 Å². The van der Waals surface area contributed by atoms with E-state index in [2.05, 4.69) is 10.6 Å². The summed E-state index contributed by atoms with van der Waals surface area (Å²) in [5.41, 5.74) is 10.7. The molecule has 32 heavy (non-hydrogen) atoms. The molecule has 0 heterocycles. The molecule has 0 unspecified atom stereocenters. The lowest BCUT2D eigenvalue weighted by Crippen LogP contribution is -2.22. The van der Waals surface area contributed by atoms with Crippen LogP contribution in [0.25, 0.3) is 0 Å². The smallest absolute Gasteiger partial charge is 0.336 e. The molecule has 8 N–H and O–H groups in total. The number of hydrogen-bond donors (Lipinski definition) is 6. The van der Waals surface area contributed by atoms with Crippen molar-refractivity contribution in [3.05, 3.63) is 82.9 Å². The third-order valence-corrected chi connectivity index (χ3v) is 4.40. The highest BCUT2D eigenvalue weighted by molar-refractivity contribution is 6.16. The van der Waals surface area contributed by atoms with Crippen molar-refractivity contribution in [1.82, 2.24) is 0 Å². The Hall–Kier alpha value is -4.86. The Balaban J connectivity index is 2.03. The molecule has 0 spiro atoms. The maximum absolute atomic E-state index is 12.7. The number of aromatic carboxylic acids is 2. The van der Waals surface area contributed by atoms with Crippen LogP contribution in [0.15, 0.2) is 60.7 Å². The van der Waals surface area contributed by atoms with Crippen LogP contribution >= 0.6 is 0 Å². The van der Waals surface area contributed by atoms with Gasteiger partial charge in [0.05, 0.1) is 22.3 Å². The fourth-order valence-corrected chi connectivity index (χ4v) is 2.96. The van der Waals surface area contributed by atoms with E-state index in [-0.39, 0.29) is 11.4 Å². The lowest BCUT2D eigenvalue weighted by molar-refractivity contribution is 0.0677. The van der Waals surface area contributed by atoms with E-state index in [1.807, 2.05) is 0 Å². The number of carboxylic acids is 2. The topological polar surface area (TPSA) is 185 Å². The molecule has 3 aromatic rings. The fourth-order valence-electron chi connectivity index (χ4n) is 2.96. The van der Waals surface area contributed by atoms with Crippen molar-refractivity contribution >= 4 is 46.5 Å². The van der Waals surface area contributed by atoms with Crippen LogP contribution < -0.4 is 22.1 Å². The minimum Gasteiger partial charge on any atom is -0.478 e. The molecule has 162 valence electrons. The second kappa shape index (κ2) is 8.88. The molecular weight excluding hydrogens is 416 g/mol. The molecule has 10 heteroatoms. The van der Waals surface area contributed by atoms with Gasteiger partial charge in [0.2, 0.25) is 0 Å². The Morgan fingerprint density at radius 1 is 0.594 bits per heavy atom. The second-order valence-electron chi connectivity index (χ2n) is 6.71. The molecule has 2 amide bonds. The summed E-state index contributed by atoms with van der Waals surface area (Å²) in [4.78, 5) is 49.0. The summed E-state index contributed by atoms with van der Waals surface area (Å²) < 4.78 is 0. The number of carboxylic acid groups (broad SMARTS) is 2. The molecule has 0 aliphatic rings. The van der Waals surface area contributed by atoms with Gasteiger partial charge in [-0.25, -0.2) is 9.59 Å². The molecular formula is C22H18N4O6. The van der Waals surface area contributed by atoms with E-state index in [0.717, 1.165) is 12.1 Å². The van der Waals surface area contributed by atoms with E-state index in [1.54, 1.807) is 24.3 Å². The highest BCUT2D eigenvalue weighted by Crippen LogP contribution is 2.22. The van der Waals surface area contributed by atoms with Crippen LogP contribution in [0, 0.1) is 0 Å². The molecule has 3 aromatic carbocycles. The summed E-state index contributed by atoms with van der Waals surface area (Å²) >= 11 is 0. The Labute approximate surface area is 181 Å². The van der Waals surface area contributed by atoms with Gasteiger partial charge < -0.3 is 32.3 Å². The number of anilines is 4. The normalized spacial score (nSPS) is 10.2. The first kappa shape index (κ1) is 21.8. The molecule has 0 aliphatic carbocycles. The number of nitrogen functional groups attached to an aromatic ring is 2. The third kappa shape index (κ3) is 4.82. The van der Waals surface area contributed by atoms with Gasteiger partial charge in [0.15, 0.2) is 0 Å². The SMILES string of the molecule is Nc1cccc(NC(=O)c2cc(C(=O)O)c(C(=O)Nc3cccc(N)c3)cc2C(=O)O)c1. The standard InChI is InChI=1S/C22H18N4O6/c23-11-3-1-5-13(7-11)25-19(27)15-9-18(22(31)32)16(10-17(15)21(29)30)20(28)26-14-6-2-4-12(24)8-14/h1-10H,23-24H2,(H,25,27)(H,26,28)(H,29,30)(H,31,32). The minimum absolute atomic E-state index is 0.284. The largest absolute Gasteiger partial charge is 0.478 e. The maximum atomic E-state index is 12.7. The van der Waals surface area contributed by atoms with Crippen LogP contribution in [-0.4, -0.2) is 34.0 Å². The zero-order valence-corrected chi connectivity index (χ0v) is 16.5. The number of benzene rings is 3. The lowest BCUT2D eigenvalue weighted by Gasteiger charge is -2.13. The monoisotopic (exact) mass is 434 g/mol. The summed E-state index contributed by atoms with van der Waals surface area (Å²) in [6.07, 6.45) is 0. The summed E-state index contributed by atoms with van der Waals surface area (Å²) in [6.45, 7) is 0. The van der Waals surface area contributed by atoms with Crippen LogP contribution in [0.1, 0.15) is 41.4 Å². The van der Waals surface area contributed by atoms with E-state index in [1.165, 1.54) is 24.3 Å². The Morgan fingerprint density at radius 3 is 1.28 bits per heavy atom. The van der Waals surface area contributed by atoms with Crippen LogP contribution in [0.2, 0.25) is 0 Å². The summed E-state index contributed by atoms with van der Waals surface area (Å²) in [6, 6.07) is 14.0. The van der Waals surface area contributed by atoms with Crippen molar-refractivity contribution in [2.75, 3.05) is 22.1 Å². The quantitative estimate of drug-likeness (QED) is 0.320. The number of nitrogens with one attached hydrogen (secondary N) is 2. The minimum atomic E-state index is -1.52. The predicted octanol–water partition coefficient (Wildman–Crippen LogP) is 2.75. The van der Waals surface area contributed by atoms with Crippen molar-refractivity contribution in [3.63, 3.8) is 0 Å². The first-order valence-corrected chi connectivity index (χ1v) is 9.14. The van der Waals surface area contributed by atoms with Gasteiger partial charge >= 0.3 is 11.9 Å². The van der Waals surface area contributed by atoms with Gasteiger partial charge in [-0.15, -0.1) is 0 Å². The first-order chi connectivity index (χ1) is 15.2. The first-order valence-electron chi connectivity index (χ1n) is 9.14. The van der Waals surface area contributed by atoms with Gasteiger partial charge in [-0.05, 0) is 48.5 Å². The molecule has 0 saturated carbocycles. The number of carbonyl (C=O) groups is 4. The molecule has 3 rings (SSSR count). The maximum Gasteiger partial charge on any atom is 0.336 e. The number of carbonyl (C=O) groups excluding carboxylic acids is 2. The van der Waals surface area contributed by atoms with Crippen molar-refractivity contribution in [2.24, 2.45) is 0 Å². The Morgan fingerprint density at radius 2 is 0.969 bits per heavy atom. The van der Waals surface area contributed by atoms with Crippen molar-refractivity contribution in [3.8, 4) is 0 Å². The highest BCUT2D eigenvalue weighted by atomic mass is 16.4. The number of nitrogens with two attached hydrogens (primary N) is 2. The van der Waals surface area contributed by atoms with E-state index in [0.29, 0.717) is 11.4 Å². The van der Waals surface area contributed by atoms with E-state index in [4.69, 9.17) is 11.5 Å². The molecule has 0 saturated heterocycles. The van der Waals surface area contributed by atoms with Crippen LogP contribution in [0.3, 0.4) is 0 Å². The summed E-state index contributed by atoms with van der Waals surface area (Å²) in [7, 11) is 0. The predicted molar refractivity (Wildman–Crippen MR) is 118 cm³/mol. The van der Waals surface area contributed by atoms with Gasteiger partial charge in [-0.1, -0.05) is 12.1 Å². The Bertz CT molecular complexity index is 1160. The molecule has 0 fully saturated rings. The van der Waals surface area contributed by atoms with Crippen LogP contribution in [-0.2, 0) is 0 Å². The summed E-state index contributed by atoms with van der Waals surface area (Å²) in [5, 5.41) is 24.1. The van der Waals surface area contributed by atoms with Gasteiger partial charge in [0.1, 0.15) is 0 Å². The Kier molecular flexibility index (Phi) is 6.06. The summed E-state index contributed by atoms with van der Waals surface area (Å²) in [5.74, 6) is -4.79. The third-order valence-electron chi connectivity index (χ3n) is 4.40.